The van der Waals surface area contributed by atoms with Gasteiger partial charge in [0.1, 0.15) is 5.82 Å². The predicted octanol–water partition coefficient (Wildman–Crippen LogP) is 4.56. The molecule has 29 heavy (non-hydrogen) atoms. The molecule has 3 rings (SSSR count). The maximum atomic E-state index is 12.7. The first-order valence-electron chi connectivity index (χ1n) is 9.56. The van der Waals surface area contributed by atoms with Gasteiger partial charge in [-0.3, -0.25) is 9.59 Å². The molecular weight excluding hydrogens is 406 g/mol. The summed E-state index contributed by atoms with van der Waals surface area (Å²) in [5, 5.41) is 1.01. The summed E-state index contributed by atoms with van der Waals surface area (Å²) in [6, 6.07) is 13.3. The van der Waals surface area contributed by atoms with Gasteiger partial charge in [0, 0.05) is 17.3 Å². The smallest absolute Gasteiger partial charge is 0.258 e. The summed E-state index contributed by atoms with van der Waals surface area (Å²) in [5.41, 5.74) is 2.74. The summed E-state index contributed by atoms with van der Waals surface area (Å²) in [6.07, 6.45) is 0.831. The van der Waals surface area contributed by atoms with Crippen LogP contribution in [-0.2, 0) is 17.1 Å². The third-order valence-corrected chi connectivity index (χ3v) is 5.74. The first kappa shape index (κ1) is 21.4. The Hall–Kier alpha value is -2.31. The number of hydrogen-bond acceptors (Lipinski definition) is 4. The lowest BCUT2D eigenvalue weighted by Gasteiger charge is -2.21. The molecule has 0 unspecified atom stereocenters. The number of halogens is 1. The van der Waals surface area contributed by atoms with Gasteiger partial charge < -0.3 is 9.88 Å². The summed E-state index contributed by atoms with van der Waals surface area (Å²) in [7, 11) is 0. The van der Waals surface area contributed by atoms with Crippen molar-refractivity contribution < 1.29 is 4.79 Å². The van der Waals surface area contributed by atoms with E-state index in [0.29, 0.717) is 34.0 Å². The van der Waals surface area contributed by atoms with Gasteiger partial charge in [-0.1, -0.05) is 48.4 Å². The van der Waals surface area contributed by atoms with Crippen molar-refractivity contribution in [2.75, 3.05) is 12.3 Å². The van der Waals surface area contributed by atoms with Crippen LogP contribution in [0.2, 0.25) is 5.02 Å². The fourth-order valence-electron chi connectivity index (χ4n) is 3.01. The molecule has 0 spiro atoms. The van der Waals surface area contributed by atoms with Crippen molar-refractivity contribution in [3.63, 3.8) is 0 Å². The molecule has 0 radical (unpaired) electrons. The Morgan fingerprint density at radius 2 is 1.97 bits per heavy atom. The molecule has 0 aliphatic carbocycles. The fraction of sp³-hybridized carbons (Fsp3) is 0.318. The number of aryl methyl sites for hydroxylation is 1. The van der Waals surface area contributed by atoms with Gasteiger partial charge in [-0.05, 0) is 37.1 Å². The minimum atomic E-state index is -0.223. The maximum absolute atomic E-state index is 12.7. The molecule has 1 amide bonds. The molecule has 1 N–H and O–H groups in total. The second-order valence-electron chi connectivity index (χ2n) is 6.97. The molecule has 1 heterocycles. The van der Waals surface area contributed by atoms with E-state index in [1.807, 2.05) is 6.92 Å². The highest BCUT2D eigenvalue weighted by atomic mass is 35.5. The molecule has 0 fully saturated rings. The molecule has 7 heteroatoms. The Morgan fingerprint density at radius 1 is 1.21 bits per heavy atom. The van der Waals surface area contributed by atoms with Crippen LogP contribution in [0, 0.1) is 6.92 Å². The fourth-order valence-corrected chi connectivity index (χ4v) is 4.06. The van der Waals surface area contributed by atoms with E-state index in [4.69, 9.17) is 11.6 Å². The van der Waals surface area contributed by atoms with Crippen LogP contribution < -0.4 is 5.56 Å². The molecule has 5 nitrogen and oxygen atoms in total. The number of nitrogens with zero attached hydrogens (tertiary/aromatic N) is 2. The van der Waals surface area contributed by atoms with E-state index < -0.39 is 0 Å². The van der Waals surface area contributed by atoms with Gasteiger partial charge in [-0.25, -0.2) is 4.98 Å². The van der Waals surface area contributed by atoms with E-state index in [1.165, 1.54) is 11.1 Å². The zero-order chi connectivity index (χ0) is 20.8. The molecule has 0 aliphatic heterocycles. The first-order valence-corrected chi connectivity index (χ1v) is 11.1. The zero-order valence-corrected chi connectivity index (χ0v) is 18.1. The first-order chi connectivity index (χ1) is 14.0. The Labute approximate surface area is 179 Å². The van der Waals surface area contributed by atoms with E-state index in [2.05, 4.69) is 41.2 Å². The van der Waals surface area contributed by atoms with Crippen molar-refractivity contribution in [3.8, 4) is 0 Å². The number of H-pyrrole nitrogens is 1. The SMILES string of the molecule is CCCN(Cc1nc2cc(Cl)ccc2c(=O)[nH]1)C(=O)CSCc1ccc(C)cc1. The van der Waals surface area contributed by atoms with Crippen molar-refractivity contribution >= 4 is 40.2 Å². The van der Waals surface area contributed by atoms with Crippen LogP contribution in [0.15, 0.2) is 47.3 Å². The minimum absolute atomic E-state index is 0.0396. The molecule has 3 aromatic rings. The maximum Gasteiger partial charge on any atom is 0.258 e. The van der Waals surface area contributed by atoms with Crippen LogP contribution in [0.5, 0.6) is 0 Å². The number of fused-ring (bicyclic) bond motifs is 1. The molecular formula is C22H24ClN3O2S. The van der Waals surface area contributed by atoms with Crippen molar-refractivity contribution in [1.82, 2.24) is 14.9 Å². The molecule has 0 atom stereocenters. The Bertz CT molecular complexity index is 1050. The van der Waals surface area contributed by atoms with Crippen molar-refractivity contribution in [1.29, 1.82) is 0 Å². The Kier molecular flexibility index (Phi) is 7.34. The topological polar surface area (TPSA) is 66.1 Å². The highest BCUT2D eigenvalue weighted by molar-refractivity contribution is 7.99. The van der Waals surface area contributed by atoms with Crippen LogP contribution in [0.25, 0.3) is 10.9 Å². The summed E-state index contributed by atoms with van der Waals surface area (Å²) in [4.78, 5) is 34.1. The van der Waals surface area contributed by atoms with Crippen molar-refractivity contribution in [2.45, 2.75) is 32.6 Å². The number of carbonyl (C=O) groups excluding carboxylic acids is 1. The molecule has 0 aliphatic rings. The summed E-state index contributed by atoms with van der Waals surface area (Å²) in [6.45, 7) is 4.97. The number of hydrogen-bond donors (Lipinski definition) is 1. The molecule has 0 saturated carbocycles. The largest absolute Gasteiger partial charge is 0.335 e. The molecule has 0 saturated heterocycles. The molecule has 0 bridgehead atoms. The lowest BCUT2D eigenvalue weighted by molar-refractivity contribution is -0.129. The Morgan fingerprint density at radius 3 is 2.69 bits per heavy atom. The molecule has 2 aromatic carbocycles. The number of aromatic nitrogens is 2. The second kappa shape index (κ2) is 9.94. The van der Waals surface area contributed by atoms with Crippen LogP contribution in [0.4, 0.5) is 0 Å². The molecule has 152 valence electrons. The second-order valence-corrected chi connectivity index (χ2v) is 8.39. The highest BCUT2D eigenvalue weighted by Gasteiger charge is 2.15. The van der Waals surface area contributed by atoms with Crippen molar-refractivity contribution in [2.24, 2.45) is 0 Å². The average molecular weight is 430 g/mol. The van der Waals surface area contributed by atoms with Gasteiger partial charge in [0.15, 0.2) is 0 Å². The van der Waals surface area contributed by atoms with E-state index in [0.717, 1.165) is 12.2 Å². The summed E-state index contributed by atoms with van der Waals surface area (Å²) in [5.74, 6) is 1.68. The minimum Gasteiger partial charge on any atom is -0.335 e. The van der Waals surface area contributed by atoms with Gasteiger partial charge in [0.25, 0.3) is 5.56 Å². The monoisotopic (exact) mass is 429 g/mol. The van der Waals surface area contributed by atoms with Gasteiger partial charge in [-0.2, -0.15) is 0 Å². The lowest BCUT2D eigenvalue weighted by Crippen LogP contribution is -2.34. The third kappa shape index (κ3) is 5.84. The number of benzene rings is 2. The number of thioether (sulfide) groups is 1. The van der Waals surface area contributed by atoms with E-state index >= 15 is 0 Å². The lowest BCUT2D eigenvalue weighted by atomic mass is 10.2. The van der Waals surface area contributed by atoms with Gasteiger partial charge in [0.2, 0.25) is 5.91 Å². The number of carbonyl (C=O) groups is 1. The zero-order valence-electron chi connectivity index (χ0n) is 16.6. The quantitative estimate of drug-likeness (QED) is 0.570. The van der Waals surface area contributed by atoms with E-state index in [1.54, 1.807) is 34.9 Å². The van der Waals surface area contributed by atoms with Gasteiger partial charge in [-0.15, -0.1) is 11.8 Å². The predicted molar refractivity (Wildman–Crippen MR) is 120 cm³/mol. The summed E-state index contributed by atoms with van der Waals surface area (Å²) >= 11 is 7.62. The number of aromatic amines is 1. The van der Waals surface area contributed by atoms with E-state index in [-0.39, 0.29) is 18.0 Å². The van der Waals surface area contributed by atoms with Crippen LogP contribution in [0.1, 0.15) is 30.3 Å². The number of rotatable bonds is 8. The average Bonchev–Trinajstić information content (AvgIpc) is 2.68. The van der Waals surface area contributed by atoms with Crippen LogP contribution in [-0.4, -0.2) is 33.1 Å². The van der Waals surface area contributed by atoms with Crippen LogP contribution >= 0.6 is 23.4 Å². The standard InChI is InChI=1S/C22H24ClN3O2S/c1-3-10-26(21(27)14-29-13-16-6-4-15(2)5-7-16)12-20-24-19-11-17(23)8-9-18(19)22(28)25-20/h4-9,11H,3,10,12-14H2,1-2H3,(H,24,25,28). The van der Waals surface area contributed by atoms with Gasteiger partial charge >= 0.3 is 0 Å². The Balaban J connectivity index is 1.67. The normalized spacial score (nSPS) is 11.0. The molecule has 1 aromatic heterocycles. The van der Waals surface area contributed by atoms with Crippen LogP contribution in [0.3, 0.4) is 0 Å². The third-order valence-electron chi connectivity index (χ3n) is 4.52. The van der Waals surface area contributed by atoms with Crippen molar-refractivity contribution in [3.05, 3.63) is 74.8 Å². The number of nitrogens with one attached hydrogen (secondary N) is 1. The van der Waals surface area contributed by atoms with Gasteiger partial charge in [0.05, 0.1) is 23.2 Å². The number of amides is 1. The van der Waals surface area contributed by atoms with E-state index in [9.17, 15) is 9.59 Å². The summed E-state index contributed by atoms with van der Waals surface area (Å²) < 4.78 is 0. The highest BCUT2D eigenvalue weighted by Crippen LogP contribution is 2.16.